The molecular weight excluding hydrogens is 238 g/mol. The van der Waals surface area contributed by atoms with Gasteiger partial charge in [0.1, 0.15) is 0 Å². The summed E-state index contributed by atoms with van der Waals surface area (Å²) in [4.78, 5) is 0. The molecule has 0 bridgehead atoms. The third-order valence-corrected chi connectivity index (χ3v) is 4.84. The summed E-state index contributed by atoms with van der Waals surface area (Å²) < 4.78 is 11.8. The van der Waals surface area contributed by atoms with Crippen molar-refractivity contribution in [3.05, 3.63) is 0 Å². The highest BCUT2D eigenvalue weighted by molar-refractivity contribution is 4.88. The maximum absolute atomic E-state index is 6.23. The highest BCUT2D eigenvalue weighted by Gasteiger charge is 2.35. The number of ether oxygens (including phenoxy) is 2. The molecule has 1 saturated heterocycles. The van der Waals surface area contributed by atoms with E-state index in [0.717, 1.165) is 38.4 Å². The normalized spacial score (nSPS) is 37.3. The van der Waals surface area contributed by atoms with E-state index >= 15 is 0 Å². The fraction of sp³-hybridized carbons (Fsp3) is 1.00. The Labute approximate surface area is 118 Å². The first-order valence-corrected chi connectivity index (χ1v) is 7.95. The van der Waals surface area contributed by atoms with E-state index in [0.29, 0.717) is 11.5 Å². The van der Waals surface area contributed by atoms with Crippen LogP contribution in [0.15, 0.2) is 0 Å². The SMILES string of the molecule is CC(C)(C)C1CCC(N)C(OCC2CCCCO2)C1. The van der Waals surface area contributed by atoms with Crippen LogP contribution in [-0.2, 0) is 9.47 Å². The molecule has 3 nitrogen and oxygen atoms in total. The quantitative estimate of drug-likeness (QED) is 0.856. The second-order valence-corrected chi connectivity index (χ2v) is 7.40. The highest BCUT2D eigenvalue weighted by Crippen LogP contribution is 2.38. The van der Waals surface area contributed by atoms with E-state index in [4.69, 9.17) is 15.2 Å². The number of rotatable bonds is 3. The van der Waals surface area contributed by atoms with Gasteiger partial charge in [-0.3, -0.25) is 0 Å². The van der Waals surface area contributed by atoms with Gasteiger partial charge in [-0.2, -0.15) is 0 Å². The smallest absolute Gasteiger partial charge is 0.0808 e. The van der Waals surface area contributed by atoms with Crippen LogP contribution in [0.3, 0.4) is 0 Å². The van der Waals surface area contributed by atoms with Gasteiger partial charge in [-0.1, -0.05) is 20.8 Å². The summed E-state index contributed by atoms with van der Waals surface area (Å²) >= 11 is 0. The fourth-order valence-corrected chi connectivity index (χ4v) is 3.30. The molecule has 0 amide bonds. The highest BCUT2D eigenvalue weighted by atomic mass is 16.5. The van der Waals surface area contributed by atoms with Gasteiger partial charge in [0.05, 0.1) is 18.8 Å². The predicted octanol–water partition coefficient (Wildman–Crippen LogP) is 3.11. The Bertz CT molecular complexity index is 268. The van der Waals surface area contributed by atoms with Gasteiger partial charge in [-0.25, -0.2) is 0 Å². The molecule has 0 aromatic carbocycles. The zero-order chi connectivity index (χ0) is 13.9. The van der Waals surface area contributed by atoms with E-state index < -0.39 is 0 Å². The Balaban J connectivity index is 1.80. The topological polar surface area (TPSA) is 44.5 Å². The summed E-state index contributed by atoms with van der Waals surface area (Å²) in [6.45, 7) is 8.62. The molecule has 1 aliphatic carbocycles. The molecule has 19 heavy (non-hydrogen) atoms. The van der Waals surface area contributed by atoms with Gasteiger partial charge >= 0.3 is 0 Å². The average Bonchev–Trinajstić information content (AvgIpc) is 2.37. The monoisotopic (exact) mass is 269 g/mol. The summed E-state index contributed by atoms with van der Waals surface area (Å²) in [5.74, 6) is 0.726. The second kappa shape index (κ2) is 6.55. The van der Waals surface area contributed by atoms with Crippen LogP contribution in [-0.4, -0.2) is 31.5 Å². The number of hydrogen-bond donors (Lipinski definition) is 1. The van der Waals surface area contributed by atoms with Crippen molar-refractivity contribution in [2.45, 2.75) is 77.5 Å². The summed E-state index contributed by atoms with van der Waals surface area (Å²) in [6, 6.07) is 0.210. The summed E-state index contributed by atoms with van der Waals surface area (Å²) in [7, 11) is 0. The Hall–Kier alpha value is -0.120. The molecule has 0 spiro atoms. The van der Waals surface area contributed by atoms with Crippen molar-refractivity contribution in [3.8, 4) is 0 Å². The molecule has 0 aromatic heterocycles. The maximum Gasteiger partial charge on any atom is 0.0808 e. The van der Waals surface area contributed by atoms with Gasteiger partial charge in [-0.15, -0.1) is 0 Å². The molecule has 112 valence electrons. The summed E-state index contributed by atoms with van der Waals surface area (Å²) in [6.07, 6.45) is 7.59. The van der Waals surface area contributed by atoms with Crippen LogP contribution in [0.4, 0.5) is 0 Å². The van der Waals surface area contributed by atoms with Crippen molar-refractivity contribution in [2.24, 2.45) is 17.1 Å². The molecule has 0 radical (unpaired) electrons. The van der Waals surface area contributed by atoms with Crippen molar-refractivity contribution < 1.29 is 9.47 Å². The van der Waals surface area contributed by atoms with Gasteiger partial charge in [0.15, 0.2) is 0 Å². The molecule has 4 unspecified atom stereocenters. The van der Waals surface area contributed by atoms with E-state index in [1.165, 1.54) is 19.3 Å². The third kappa shape index (κ3) is 4.44. The Kier molecular flexibility index (Phi) is 5.27. The molecule has 2 N–H and O–H groups in total. The largest absolute Gasteiger partial charge is 0.376 e. The van der Waals surface area contributed by atoms with Crippen molar-refractivity contribution >= 4 is 0 Å². The van der Waals surface area contributed by atoms with Gasteiger partial charge in [0, 0.05) is 12.6 Å². The Morgan fingerprint density at radius 1 is 1.16 bits per heavy atom. The van der Waals surface area contributed by atoms with Crippen LogP contribution >= 0.6 is 0 Å². The van der Waals surface area contributed by atoms with Crippen LogP contribution < -0.4 is 5.73 Å². The Morgan fingerprint density at radius 3 is 2.58 bits per heavy atom. The van der Waals surface area contributed by atoms with Crippen molar-refractivity contribution in [1.29, 1.82) is 0 Å². The lowest BCUT2D eigenvalue weighted by Gasteiger charge is -2.41. The van der Waals surface area contributed by atoms with E-state index in [1.54, 1.807) is 0 Å². The fourth-order valence-electron chi connectivity index (χ4n) is 3.30. The molecule has 3 heteroatoms. The zero-order valence-corrected chi connectivity index (χ0v) is 12.9. The minimum absolute atomic E-state index is 0.210. The molecule has 2 fully saturated rings. The number of nitrogens with two attached hydrogens (primary N) is 1. The minimum Gasteiger partial charge on any atom is -0.376 e. The van der Waals surface area contributed by atoms with Crippen molar-refractivity contribution in [3.63, 3.8) is 0 Å². The molecule has 0 aromatic rings. The van der Waals surface area contributed by atoms with E-state index in [2.05, 4.69) is 20.8 Å². The van der Waals surface area contributed by atoms with Gasteiger partial charge < -0.3 is 15.2 Å². The molecule has 1 saturated carbocycles. The first kappa shape index (κ1) is 15.3. The van der Waals surface area contributed by atoms with E-state index in [9.17, 15) is 0 Å². The van der Waals surface area contributed by atoms with E-state index in [1.807, 2.05) is 0 Å². The Morgan fingerprint density at radius 2 is 1.95 bits per heavy atom. The van der Waals surface area contributed by atoms with Crippen LogP contribution in [0.5, 0.6) is 0 Å². The van der Waals surface area contributed by atoms with Crippen molar-refractivity contribution in [2.75, 3.05) is 13.2 Å². The molecule has 4 atom stereocenters. The lowest BCUT2D eigenvalue weighted by Crippen LogP contribution is -2.45. The van der Waals surface area contributed by atoms with Crippen LogP contribution in [0.2, 0.25) is 0 Å². The second-order valence-electron chi connectivity index (χ2n) is 7.40. The van der Waals surface area contributed by atoms with Crippen molar-refractivity contribution in [1.82, 2.24) is 0 Å². The lowest BCUT2D eigenvalue weighted by molar-refractivity contribution is -0.0850. The first-order chi connectivity index (χ1) is 8.97. The van der Waals surface area contributed by atoms with Crippen LogP contribution in [0.1, 0.15) is 59.3 Å². The van der Waals surface area contributed by atoms with Gasteiger partial charge in [0.25, 0.3) is 0 Å². The molecule has 1 aliphatic heterocycles. The predicted molar refractivity (Wildman–Crippen MR) is 78.1 cm³/mol. The molecule has 1 heterocycles. The summed E-state index contributed by atoms with van der Waals surface area (Å²) in [5, 5.41) is 0. The number of hydrogen-bond acceptors (Lipinski definition) is 3. The molecule has 2 rings (SSSR count). The minimum atomic E-state index is 0.210. The maximum atomic E-state index is 6.23. The van der Waals surface area contributed by atoms with Crippen LogP contribution in [0.25, 0.3) is 0 Å². The standard InChI is InChI=1S/C16H31NO2/c1-16(2,3)12-7-8-14(17)15(10-12)19-11-13-6-4-5-9-18-13/h12-15H,4-11,17H2,1-3H3. The van der Waals surface area contributed by atoms with E-state index in [-0.39, 0.29) is 12.1 Å². The summed E-state index contributed by atoms with van der Waals surface area (Å²) in [5.41, 5.74) is 6.60. The average molecular weight is 269 g/mol. The first-order valence-electron chi connectivity index (χ1n) is 7.95. The molecular formula is C16H31NO2. The van der Waals surface area contributed by atoms with Crippen LogP contribution in [0, 0.1) is 11.3 Å². The third-order valence-electron chi connectivity index (χ3n) is 4.84. The zero-order valence-electron chi connectivity index (χ0n) is 12.9. The van der Waals surface area contributed by atoms with Gasteiger partial charge in [-0.05, 0) is 49.9 Å². The molecule has 2 aliphatic rings. The van der Waals surface area contributed by atoms with Gasteiger partial charge in [0.2, 0.25) is 0 Å². The lowest BCUT2D eigenvalue weighted by atomic mass is 9.70.